The number of hydrogen-bond acceptors (Lipinski definition) is 14. The number of fused-ring (bicyclic) bond motifs is 1. The third kappa shape index (κ3) is 9.58. The molecule has 281 valence electrons. The molecule has 23 heteroatoms. The summed E-state index contributed by atoms with van der Waals surface area (Å²) in [5, 5.41) is 62.0. The Morgan fingerprint density at radius 2 is 1.38 bits per heavy atom. The third-order valence-corrected chi connectivity index (χ3v) is 9.17. The molecule has 1 heterocycles. The number of rotatable bonds is 8. The molecule has 1 radical (unpaired) electrons. The van der Waals surface area contributed by atoms with E-state index in [0.29, 0.717) is 17.4 Å². The van der Waals surface area contributed by atoms with Crippen LogP contribution >= 0.6 is 11.6 Å². The van der Waals surface area contributed by atoms with Crippen molar-refractivity contribution in [2.75, 3.05) is 0 Å². The van der Waals surface area contributed by atoms with Gasteiger partial charge in [0, 0.05) is 22.5 Å². The maximum Gasteiger partial charge on any atom is 3.00 e. The number of aryl methyl sites for hydroxylation is 1. The fraction of sp³-hybridized carbons (Fsp3) is 0.0312. The first-order valence-corrected chi connectivity index (χ1v) is 18.0. The van der Waals surface area contributed by atoms with Crippen LogP contribution in [-0.2, 0) is 37.6 Å². The molecule has 1 aromatic heterocycles. The van der Waals surface area contributed by atoms with E-state index in [-0.39, 0.29) is 55.9 Å². The van der Waals surface area contributed by atoms with Crippen molar-refractivity contribution in [3.63, 3.8) is 0 Å². The molecule has 0 fully saturated rings. The Bertz CT molecular complexity index is 2800. The van der Waals surface area contributed by atoms with E-state index in [1.165, 1.54) is 16.8 Å². The summed E-state index contributed by atoms with van der Waals surface area (Å²) in [6.45, 7) is 1.64. The van der Waals surface area contributed by atoms with Crippen molar-refractivity contribution >= 4 is 71.0 Å². The summed E-state index contributed by atoms with van der Waals surface area (Å²) in [5.74, 6) is -1.65. The van der Waals surface area contributed by atoms with Gasteiger partial charge in [-0.05, 0) is 54.8 Å². The van der Waals surface area contributed by atoms with E-state index in [9.17, 15) is 56.2 Å². The zero-order valence-electron chi connectivity index (χ0n) is 27.5. The monoisotopic (exact) mass is 847 g/mol. The second-order valence-electron chi connectivity index (χ2n) is 10.9. The van der Waals surface area contributed by atoms with Gasteiger partial charge in [-0.2, -0.15) is 27.1 Å². The molecule has 55 heavy (non-hydrogen) atoms. The van der Waals surface area contributed by atoms with Crippen LogP contribution in [0.3, 0.4) is 0 Å². The number of non-ortho nitro benzene ring substituents is 1. The van der Waals surface area contributed by atoms with E-state index in [1.54, 1.807) is 31.2 Å². The van der Waals surface area contributed by atoms with Crippen molar-refractivity contribution in [2.24, 2.45) is 20.5 Å². The van der Waals surface area contributed by atoms with Gasteiger partial charge in [0.25, 0.3) is 31.5 Å². The average Bonchev–Trinajstić information content (AvgIpc) is 3.40. The largest absolute Gasteiger partial charge is 3.00 e. The van der Waals surface area contributed by atoms with Crippen LogP contribution in [0.1, 0.15) is 5.69 Å². The van der Waals surface area contributed by atoms with Crippen LogP contribution in [-0.4, -0.2) is 45.8 Å². The van der Waals surface area contributed by atoms with Gasteiger partial charge in [-0.3, -0.25) is 29.1 Å². The normalized spacial score (nSPS) is 11.7. The first kappa shape index (κ1) is 41.8. The minimum atomic E-state index is -5.02. The molecule has 0 spiro atoms. The molecule has 6 rings (SSSR count). The predicted octanol–water partition coefficient (Wildman–Crippen LogP) is 6.05. The molecule has 0 saturated heterocycles. The molecule has 6 aromatic rings. The summed E-state index contributed by atoms with van der Waals surface area (Å²) in [5.41, 5.74) is -0.498. The third-order valence-electron chi connectivity index (χ3n) is 7.23. The molecule has 0 saturated carbocycles. The first-order valence-electron chi connectivity index (χ1n) is 14.7. The maximum atomic E-state index is 12.5. The number of nitro groups is 1. The van der Waals surface area contributed by atoms with Gasteiger partial charge in [-0.15, -0.1) is 10.2 Å². The maximum absolute atomic E-state index is 12.5. The molecule has 4 N–H and O–H groups in total. The molecule has 0 amide bonds. The Balaban J connectivity index is 0.000000243. The van der Waals surface area contributed by atoms with Crippen LogP contribution in [0.5, 0.6) is 17.2 Å². The van der Waals surface area contributed by atoms with Gasteiger partial charge in [-0.1, -0.05) is 59.5 Å². The van der Waals surface area contributed by atoms with Crippen LogP contribution in [0.15, 0.2) is 126 Å². The van der Waals surface area contributed by atoms with Crippen molar-refractivity contribution in [1.82, 2.24) is 9.78 Å². The summed E-state index contributed by atoms with van der Waals surface area (Å²) in [6.07, 6.45) is 0. The fourth-order valence-electron chi connectivity index (χ4n) is 4.71. The van der Waals surface area contributed by atoms with E-state index in [0.717, 1.165) is 42.5 Å². The van der Waals surface area contributed by atoms with Crippen LogP contribution in [0.2, 0.25) is 5.02 Å². The number of phenols is 1. The Hall–Kier alpha value is -5.99. The molecule has 5 aromatic carbocycles. The Morgan fingerprint density at radius 1 is 0.782 bits per heavy atom. The number of hydrogen-bond donors (Lipinski definition) is 4. The van der Waals surface area contributed by atoms with Crippen molar-refractivity contribution in [1.29, 1.82) is 0 Å². The summed E-state index contributed by atoms with van der Waals surface area (Å²) in [7, 11) is -9.83. The van der Waals surface area contributed by atoms with Gasteiger partial charge >= 0.3 is 17.4 Å². The summed E-state index contributed by atoms with van der Waals surface area (Å²) in [4.78, 5) is 20.9. The van der Waals surface area contributed by atoms with Crippen LogP contribution < -0.4 is 15.8 Å². The number of azo groups is 2. The van der Waals surface area contributed by atoms with Gasteiger partial charge in [0.1, 0.15) is 16.3 Å². The Morgan fingerprint density at radius 3 is 1.98 bits per heavy atom. The minimum Gasteiger partial charge on any atom is -0.871 e. The molecule has 0 aliphatic rings. The van der Waals surface area contributed by atoms with E-state index in [4.69, 9.17) is 11.6 Å². The number of phenolic OH excluding ortho intramolecular Hbond substituents is 1. The van der Waals surface area contributed by atoms with Crippen molar-refractivity contribution < 1.29 is 63.5 Å². The van der Waals surface area contributed by atoms with Gasteiger partial charge in [0.2, 0.25) is 0 Å². The van der Waals surface area contributed by atoms with Crippen LogP contribution in [0.4, 0.5) is 28.4 Å². The fourth-order valence-corrected chi connectivity index (χ4v) is 6.25. The zero-order chi connectivity index (χ0) is 39.5. The van der Waals surface area contributed by atoms with Gasteiger partial charge < -0.3 is 15.3 Å². The van der Waals surface area contributed by atoms with Gasteiger partial charge in [-0.25, -0.2) is 4.68 Å². The van der Waals surface area contributed by atoms with E-state index < -0.39 is 63.4 Å². The summed E-state index contributed by atoms with van der Waals surface area (Å²) in [6, 6.07) is 19.3. The number of H-pyrrole nitrogens is 1. The van der Waals surface area contributed by atoms with Crippen molar-refractivity contribution in [2.45, 2.75) is 16.7 Å². The SMILES string of the molecule is Cc1[nH]n(-c2ccccc2)c(=O)c1N=Nc1cc([N+](=O)[O-])ccc1[O-].O=S(=O)(O)c1cc(S(=O)(=O)O)c2c(N=Nc3cc(Cl)ccc3[O-])c(O)ccc2c1.[Cr+3]. The van der Waals surface area contributed by atoms with Crippen LogP contribution in [0, 0.1) is 17.0 Å². The Labute approximate surface area is 325 Å². The second kappa shape index (κ2) is 16.6. The van der Waals surface area contributed by atoms with E-state index in [2.05, 4.69) is 25.6 Å². The topological polar surface area (TPSA) is 305 Å². The van der Waals surface area contributed by atoms with Crippen molar-refractivity contribution in [3.8, 4) is 22.9 Å². The van der Waals surface area contributed by atoms with Gasteiger partial charge in [0.15, 0.2) is 5.69 Å². The summed E-state index contributed by atoms with van der Waals surface area (Å²) < 4.78 is 66.6. The molecule has 19 nitrogen and oxygen atoms in total. The number of aromatic nitrogens is 2. The molecule has 0 aliphatic carbocycles. The average molecular weight is 848 g/mol. The number of benzene rings is 5. The molecular weight excluding hydrogens is 826 g/mol. The zero-order valence-corrected chi connectivity index (χ0v) is 31.1. The van der Waals surface area contributed by atoms with Crippen molar-refractivity contribution in [3.05, 3.63) is 122 Å². The number of para-hydroxylation sites is 1. The molecule has 0 aliphatic heterocycles. The quantitative estimate of drug-likeness (QED) is 0.0589. The predicted molar refractivity (Wildman–Crippen MR) is 188 cm³/mol. The second-order valence-corrected chi connectivity index (χ2v) is 14.1. The number of aromatic amines is 1. The standard InChI is InChI=1S/C16H11ClN2O8S2.C16H13N5O4.Cr/c17-9-2-4-12(20)11(6-9)18-19-16-13(21)3-1-8-5-10(28(22,23)24)7-14(15(8)16)29(25,26)27;1-10-15(16(23)20(19-10)11-5-3-2-4-6-11)18-17-13-9-12(21(24)25)7-8-14(13)22;/h1-7,20-21H,(H,22,23,24)(H,25,26,27);2-9,19,22H,1H3;/q;;+3/p-2. The minimum absolute atomic E-state index is 0. The smallest absolute Gasteiger partial charge is 0.871 e. The number of nitrogens with zero attached hydrogens (tertiary/aromatic N) is 6. The molecular formula is C32H22ClCrN7O12S2+. The number of nitrogens with one attached hydrogen (secondary N) is 1. The molecule has 0 unspecified atom stereocenters. The Kier molecular flexibility index (Phi) is 12.6. The van der Waals surface area contributed by atoms with E-state index >= 15 is 0 Å². The summed E-state index contributed by atoms with van der Waals surface area (Å²) >= 11 is 5.79. The number of halogens is 1. The van der Waals surface area contributed by atoms with Crippen LogP contribution in [0.25, 0.3) is 16.5 Å². The number of aromatic hydroxyl groups is 1. The first-order chi connectivity index (χ1) is 25.3. The van der Waals surface area contributed by atoms with Gasteiger partial charge in [0.05, 0.1) is 32.6 Å². The van der Waals surface area contributed by atoms with E-state index in [1.807, 2.05) is 6.07 Å². The number of nitro benzene ring substituents is 1. The molecule has 0 atom stereocenters. The molecule has 0 bridgehead atoms.